The van der Waals surface area contributed by atoms with Gasteiger partial charge in [-0.15, -0.1) is 24.2 Å². The molecule has 2 rings (SSSR count). The Hall–Kier alpha value is -0.850. The standard InChI is InChI=1S/C13H16F2N2OS.ClH/c14-13(15)8-11(17-9-13)12(18)16-6-7-19-10-4-2-1-3-5-10;/h1-5,11,17H,6-9H2,(H,16,18);1H. The highest BCUT2D eigenvalue weighted by Gasteiger charge is 2.42. The summed E-state index contributed by atoms with van der Waals surface area (Å²) < 4.78 is 25.8. The number of amides is 1. The highest BCUT2D eigenvalue weighted by Crippen LogP contribution is 2.25. The van der Waals surface area contributed by atoms with Crippen LogP contribution in [-0.2, 0) is 4.79 Å². The molecule has 1 aromatic rings. The van der Waals surface area contributed by atoms with Crippen molar-refractivity contribution in [1.29, 1.82) is 0 Å². The number of rotatable bonds is 5. The molecule has 2 N–H and O–H groups in total. The molecule has 0 spiro atoms. The van der Waals surface area contributed by atoms with Gasteiger partial charge < -0.3 is 5.32 Å². The second-order valence-electron chi connectivity index (χ2n) is 4.45. The lowest BCUT2D eigenvalue weighted by atomic mass is 10.2. The molecule has 0 bridgehead atoms. The summed E-state index contributed by atoms with van der Waals surface area (Å²) in [5.41, 5.74) is 0. The van der Waals surface area contributed by atoms with Gasteiger partial charge in [0.15, 0.2) is 0 Å². The highest BCUT2D eigenvalue weighted by molar-refractivity contribution is 7.99. The fourth-order valence-electron chi connectivity index (χ4n) is 1.88. The van der Waals surface area contributed by atoms with Crippen molar-refractivity contribution in [3.63, 3.8) is 0 Å². The summed E-state index contributed by atoms with van der Waals surface area (Å²) in [4.78, 5) is 12.8. The first-order valence-corrected chi connectivity index (χ1v) is 7.12. The lowest BCUT2D eigenvalue weighted by molar-refractivity contribution is -0.123. The minimum Gasteiger partial charge on any atom is -0.354 e. The Morgan fingerprint density at radius 2 is 2.10 bits per heavy atom. The number of thioether (sulfide) groups is 1. The molecule has 1 unspecified atom stereocenters. The third kappa shape index (κ3) is 5.26. The molecule has 1 saturated heterocycles. The zero-order valence-corrected chi connectivity index (χ0v) is 12.4. The van der Waals surface area contributed by atoms with E-state index in [4.69, 9.17) is 0 Å². The van der Waals surface area contributed by atoms with Crippen molar-refractivity contribution in [3.8, 4) is 0 Å². The molecular formula is C13H17ClF2N2OS. The van der Waals surface area contributed by atoms with Crippen LogP contribution < -0.4 is 10.6 Å². The zero-order valence-electron chi connectivity index (χ0n) is 10.8. The van der Waals surface area contributed by atoms with Crippen molar-refractivity contribution in [2.45, 2.75) is 23.3 Å². The number of hydrogen-bond acceptors (Lipinski definition) is 3. The van der Waals surface area contributed by atoms with Gasteiger partial charge in [-0.1, -0.05) is 18.2 Å². The Labute approximate surface area is 127 Å². The van der Waals surface area contributed by atoms with Crippen molar-refractivity contribution in [2.75, 3.05) is 18.8 Å². The molecule has 1 aromatic carbocycles. The number of nitrogens with one attached hydrogen (secondary N) is 2. The van der Waals surface area contributed by atoms with Crippen LogP contribution in [0.4, 0.5) is 8.78 Å². The quantitative estimate of drug-likeness (QED) is 0.645. The number of hydrogen-bond donors (Lipinski definition) is 2. The first-order chi connectivity index (χ1) is 9.07. The normalized spacial score (nSPS) is 20.2. The molecule has 7 heteroatoms. The predicted molar refractivity (Wildman–Crippen MR) is 78.8 cm³/mol. The van der Waals surface area contributed by atoms with E-state index < -0.39 is 24.9 Å². The van der Waals surface area contributed by atoms with Crippen LogP contribution in [0.25, 0.3) is 0 Å². The molecule has 0 saturated carbocycles. The minimum atomic E-state index is -2.76. The van der Waals surface area contributed by atoms with Crippen LogP contribution >= 0.6 is 24.2 Å². The Bertz CT molecular complexity index is 434. The molecule has 0 radical (unpaired) electrons. The Morgan fingerprint density at radius 1 is 1.40 bits per heavy atom. The van der Waals surface area contributed by atoms with E-state index in [-0.39, 0.29) is 18.3 Å². The van der Waals surface area contributed by atoms with Crippen molar-refractivity contribution in [3.05, 3.63) is 30.3 Å². The smallest absolute Gasteiger partial charge is 0.262 e. The third-order valence-electron chi connectivity index (χ3n) is 2.84. The Kier molecular flexibility index (Phi) is 6.71. The molecule has 112 valence electrons. The highest BCUT2D eigenvalue weighted by atomic mass is 35.5. The van der Waals surface area contributed by atoms with Crippen LogP contribution in [0.3, 0.4) is 0 Å². The summed E-state index contributed by atoms with van der Waals surface area (Å²) in [5.74, 6) is -2.38. The van der Waals surface area contributed by atoms with Crippen LogP contribution in [0.1, 0.15) is 6.42 Å². The van der Waals surface area contributed by atoms with Gasteiger partial charge in [0.2, 0.25) is 5.91 Å². The molecule has 1 heterocycles. The van der Waals surface area contributed by atoms with Crippen LogP contribution in [0.15, 0.2) is 35.2 Å². The van der Waals surface area contributed by atoms with Crippen molar-refractivity contribution < 1.29 is 13.6 Å². The summed E-state index contributed by atoms with van der Waals surface area (Å²) in [6, 6.07) is 9.06. The first kappa shape index (κ1) is 17.2. The van der Waals surface area contributed by atoms with Gasteiger partial charge in [0.05, 0.1) is 12.6 Å². The zero-order chi connectivity index (χ0) is 13.7. The summed E-state index contributed by atoms with van der Waals surface area (Å²) in [6.45, 7) is 0.0615. The molecule has 0 aliphatic carbocycles. The maximum Gasteiger partial charge on any atom is 0.262 e. The molecule has 1 aliphatic rings. The second kappa shape index (κ2) is 7.81. The molecule has 0 aromatic heterocycles. The molecular weight excluding hydrogens is 306 g/mol. The van der Waals surface area contributed by atoms with Crippen LogP contribution in [-0.4, -0.2) is 36.7 Å². The molecule has 1 aliphatic heterocycles. The van der Waals surface area contributed by atoms with Crippen LogP contribution in [0.2, 0.25) is 0 Å². The van der Waals surface area contributed by atoms with Gasteiger partial charge in [-0.2, -0.15) is 0 Å². The molecule has 1 atom stereocenters. The van der Waals surface area contributed by atoms with Gasteiger partial charge >= 0.3 is 0 Å². The minimum absolute atomic E-state index is 0. The van der Waals surface area contributed by atoms with Crippen molar-refractivity contribution >= 4 is 30.1 Å². The van der Waals surface area contributed by atoms with Gasteiger partial charge in [0.1, 0.15) is 0 Å². The third-order valence-corrected chi connectivity index (χ3v) is 3.85. The van der Waals surface area contributed by atoms with E-state index in [0.717, 1.165) is 10.6 Å². The number of benzene rings is 1. The lowest BCUT2D eigenvalue weighted by Crippen LogP contribution is -2.41. The predicted octanol–water partition coefficient (Wildman–Crippen LogP) is 2.31. The monoisotopic (exact) mass is 322 g/mol. The topological polar surface area (TPSA) is 41.1 Å². The Balaban J connectivity index is 0.00000200. The Morgan fingerprint density at radius 3 is 2.70 bits per heavy atom. The van der Waals surface area contributed by atoms with Crippen molar-refractivity contribution in [1.82, 2.24) is 10.6 Å². The van der Waals surface area contributed by atoms with E-state index in [1.807, 2.05) is 30.3 Å². The second-order valence-corrected chi connectivity index (χ2v) is 5.61. The molecule has 1 amide bonds. The fourth-order valence-corrected chi connectivity index (χ4v) is 2.67. The number of halogens is 3. The molecule has 3 nitrogen and oxygen atoms in total. The number of carbonyl (C=O) groups excluding carboxylic acids is 1. The van der Waals surface area contributed by atoms with Crippen LogP contribution in [0, 0.1) is 0 Å². The summed E-state index contributed by atoms with van der Waals surface area (Å²) >= 11 is 1.62. The van der Waals surface area contributed by atoms with Gasteiger partial charge in [-0.3, -0.25) is 10.1 Å². The maximum atomic E-state index is 12.9. The van der Waals surface area contributed by atoms with E-state index >= 15 is 0 Å². The van der Waals surface area contributed by atoms with E-state index in [1.165, 1.54) is 0 Å². The average molecular weight is 323 g/mol. The van der Waals surface area contributed by atoms with E-state index in [0.29, 0.717) is 6.54 Å². The maximum absolute atomic E-state index is 12.9. The molecule has 1 fully saturated rings. The van der Waals surface area contributed by atoms with Crippen molar-refractivity contribution in [2.24, 2.45) is 0 Å². The first-order valence-electron chi connectivity index (χ1n) is 6.14. The van der Waals surface area contributed by atoms with Crippen LogP contribution in [0.5, 0.6) is 0 Å². The SMILES string of the molecule is Cl.O=C(NCCSc1ccccc1)C1CC(F)(F)CN1. The van der Waals surface area contributed by atoms with Gasteiger partial charge in [0, 0.05) is 23.6 Å². The van der Waals surface area contributed by atoms with Gasteiger partial charge in [-0.25, -0.2) is 8.78 Å². The summed E-state index contributed by atoms with van der Waals surface area (Å²) in [7, 11) is 0. The van der Waals surface area contributed by atoms with E-state index in [9.17, 15) is 13.6 Å². The number of carbonyl (C=O) groups is 1. The fraction of sp³-hybridized carbons (Fsp3) is 0.462. The molecule has 20 heavy (non-hydrogen) atoms. The summed E-state index contributed by atoms with van der Waals surface area (Å²) in [5, 5.41) is 5.21. The lowest BCUT2D eigenvalue weighted by Gasteiger charge is -2.11. The van der Waals surface area contributed by atoms with Gasteiger partial charge in [-0.05, 0) is 12.1 Å². The van der Waals surface area contributed by atoms with E-state index in [2.05, 4.69) is 10.6 Å². The van der Waals surface area contributed by atoms with E-state index in [1.54, 1.807) is 11.8 Å². The summed E-state index contributed by atoms with van der Waals surface area (Å²) in [6.07, 6.45) is -0.412. The number of alkyl halides is 2. The van der Waals surface area contributed by atoms with Gasteiger partial charge in [0.25, 0.3) is 5.92 Å². The average Bonchev–Trinajstić information content (AvgIpc) is 2.76. The largest absolute Gasteiger partial charge is 0.354 e.